The van der Waals surface area contributed by atoms with Crippen LogP contribution in [0.2, 0.25) is 0 Å². The van der Waals surface area contributed by atoms with E-state index in [0.717, 1.165) is 16.8 Å². The van der Waals surface area contributed by atoms with Gasteiger partial charge in [-0.15, -0.1) is 0 Å². The van der Waals surface area contributed by atoms with Crippen molar-refractivity contribution in [2.75, 3.05) is 25.1 Å². The van der Waals surface area contributed by atoms with E-state index in [-0.39, 0.29) is 24.5 Å². The van der Waals surface area contributed by atoms with Gasteiger partial charge in [0.2, 0.25) is 11.8 Å². The molecule has 2 fully saturated rings. The average molecular weight is 422 g/mol. The number of anilines is 1. The lowest BCUT2D eigenvalue weighted by Gasteiger charge is -2.27. The molecule has 8 heteroatoms. The number of rotatable bonds is 6. The van der Waals surface area contributed by atoms with Gasteiger partial charge in [-0.3, -0.25) is 14.3 Å². The van der Waals surface area contributed by atoms with Crippen LogP contribution < -0.4 is 4.90 Å². The molecule has 31 heavy (non-hydrogen) atoms. The smallest absolute Gasteiger partial charge is 0.234 e. The highest BCUT2D eigenvalue weighted by atomic mass is 16.5. The molecule has 3 aliphatic heterocycles. The molecule has 1 aromatic heterocycles. The van der Waals surface area contributed by atoms with Gasteiger partial charge >= 0.3 is 0 Å². The molecule has 4 heterocycles. The molecule has 0 saturated carbocycles. The van der Waals surface area contributed by atoms with E-state index in [0.29, 0.717) is 19.5 Å². The van der Waals surface area contributed by atoms with Gasteiger partial charge in [-0.25, -0.2) is 0 Å². The third-order valence-corrected chi connectivity index (χ3v) is 6.59. The summed E-state index contributed by atoms with van der Waals surface area (Å²) in [5, 5.41) is 13.3. The molecule has 1 N–H and O–H groups in total. The molecule has 3 aliphatic rings. The molecule has 1 aromatic carbocycles. The predicted octanol–water partition coefficient (Wildman–Crippen LogP) is 0.900. The number of aliphatic hydroxyl groups excluding tert-OH is 1. The third kappa shape index (κ3) is 3.18. The van der Waals surface area contributed by atoms with Crippen LogP contribution in [0, 0.1) is 11.8 Å². The van der Waals surface area contributed by atoms with Crippen molar-refractivity contribution < 1.29 is 19.4 Å². The van der Waals surface area contributed by atoms with E-state index in [1.165, 1.54) is 0 Å². The zero-order chi connectivity index (χ0) is 21.8. The average Bonchev–Trinajstić information content (AvgIpc) is 3.50. The van der Waals surface area contributed by atoms with Crippen molar-refractivity contribution in [1.29, 1.82) is 0 Å². The van der Waals surface area contributed by atoms with E-state index in [9.17, 15) is 9.59 Å². The molecule has 2 amide bonds. The van der Waals surface area contributed by atoms with Crippen molar-refractivity contribution in [3.63, 3.8) is 0 Å². The van der Waals surface area contributed by atoms with E-state index < -0.39 is 17.4 Å². The van der Waals surface area contributed by atoms with E-state index in [2.05, 4.69) is 5.10 Å². The first-order valence-corrected chi connectivity index (χ1v) is 10.5. The van der Waals surface area contributed by atoms with Crippen LogP contribution in [0.5, 0.6) is 0 Å². The van der Waals surface area contributed by atoms with Crippen LogP contribution in [-0.4, -0.2) is 63.5 Å². The monoisotopic (exact) mass is 422 g/mol. The summed E-state index contributed by atoms with van der Waals surface area (Å²) in [5.41, 5.74) is 1.99. The molecule has 0 radical (unpaired) electrons. The van der Waals surface area contributed by atoms with Gasteiger partial charge < -0.3 is 19.6 Å². The minimum absolute atomic E-state index is 0.0742. The quantitative estimate of drug-likeness (QED) is 0.699. The minimum atomic E-state index is -0.749. The molecule has 0 unspecified atom stereocenters. The molecule has 0 aliphatic carbocycles. The fraction of sp³-hybridized carbons (Fsp3) is 0.435. The number of hydrogen-bond acceptors (Lipinski definition) is 5. The second kappa shape index (κ2) is 7.32. The summed E-state index contributed by atoms with van der Waals surface area (Å²) in [4.78, 5) is 30.2. The van der Waals surface area contributed by atoms with E-state index >= 15 is 0 Å². The fourth-order valence-electron chi connectivity index (χ4n) is 5.13. The Bertz CT molecular complexity index is 1050. The molecule has 2 aromatic rings. The standard InChI is InChI=1S/C23H26N4O4/c1-25(12-16-11-24-26(2)13-16)21(29)19-18-7-9-23(31-18)14-27(22(30)20(19)23)17-5-3-15(4-6-17)8-10-28/h3-7,9,11,13,18-20,28H,8,10,12,14H2,1-2H3/t18-,19+,20-,23-/m0/s1. The van der Waals surface area contributed by atoms with Gasteiger partial charge in [0, 0.05) is 44.7 Å². The normalized spacial score (nSPS) is 28.4. The number of aromatic nitrogens is 2. The molecule has 8 nitrogen and oxygen atoms in total. The number of carbonyl (C=O) groups excluding carboxylic acids is 2. The summed E-state index contributed by atoms with van der Waals surface area (Å²) in [5.74, 6) is -1.21. The lowest BCUT2D eigenvalue weighted by atomic mass is 9.76. The highest BCUT2D eigenvalue weighted by Gasteiger charge is 2.67. The van der Waals surface area contributed by atoms with Crippen molar-refractivity contribution in [3.8, 4) is 0 Å². The molecule has 1 spiro atoms. The van der Waals surface area contributed by atoms with Gasteiger partial charge in [-0.05, 0) is 24.1 Å². The maximum atomic E-state index is 13.5. The summed E-state index contributed by atoms with van der Waals surface area (Å²) >= 11 is 0. The summed E-state index contributed by atoms with van der Waals surface area (Å²) in [6, 6.07) is 7.62. The summed E-state index contributed by atoms with van der Waals surface area (Å²) < 4.78 is 7.94. The summed E-state index contributed by atoms with van der Waals surface area (Å²) in [6.45, 7) is 0.923. The number of ether oxygens (including phenoxy) is 1. The Labute approximate surface area is 180 Å². The maximum absolute atomic E-state index is 13.5. The largest absolute Gasteiger partial charge is 0.396 e. The third-order valence-electron chi connectivity index (χ3n) is 6.59. The van der Waals surface area contributed by atoms with Crippen LogP contribution in [0.25, 0.3) is 0 Å². The Kier molecular flexibility index (Phi) is 4.71. The Balaban J connectivity index is 1.37. The van der Waals surface area contributed by atoms with Gasteiger partial charge in [0.05, 0.1) is 30.7 Å². The van der Waals surface area contributed by atoms with Crippen molar-refractivity contribution in [2.45, 2.75) is 24.7 Å². The highest BCUT2D eigenvalue weighted by molar-refractivity contribution is 6.03. The lowest BCUT2D eigenvalue weighted by Crippen LogP contribution is -2.44. The number of amides is 2. The van der Waals surface area contributed by atoms with Crippen LogP contribution in [0.3, 0.4) is 0 Å². The first-order valence-electron chi connectivity index (χ1n) is 10.5. The van der Waals surface area contributed by atoms with Gasteiger partial charge in [-0.2, -0.15) is 5.10 Å². The van der Waals surface area contributed by atoms with E-state index in [4.69, 9.17) is 9.84 Å². The van der Waals surface area contributed by atoms with E-state index in [1.807, 2.05) is 49.7 Å². The number of fused-ring (bicyclic) bond motifs is 1. The number of aryl methyl sites for hydroxylation is 1. The molecule has 2 bridgehead atoms. The Hall–Kier alpha value is -2.97. The predicted molar refractivity (Wildman–Crippen MR) is 113 cm³/mol. The van der Waals surface area contributed by atoms with Crippen LogP contribution >= 0.6 is 0 Å². The minimum Gasteiger partial charge on any atom is -0.396 e. The van der Waals surface area contributed by atoms with Crippen LogP contribution in [0.1, 0.15) is 11.1 Å². The summed E-state index contributed by atoms with van der Waals surface area (Å²) in [6.07, 6.45) is 7.72. The van der Waals surface area contributed by atoms with Crippen LogP contribution in [0.4, 0.5) is 5.69 Å². The highest BCUT2D eigenvalue weighted by Crippen LogP contribution is 2.53. The zero-order valence-corrected chi connectivity index (χ0v) is 17.6. The molecule has 5 rings (SSSR count). The van der Waals surface area contributed by atoms with Gasteiger partial charge in [0.25, 0.3) is 0 Å². The van der Waals surface area contributed by atoms with Crippen molar-refractivity contribution in [2.24, 2.45) is 18.9 Å². The first kappa shape index (κ1) is 20.0. The fourth-order valence-corrected chi connectivity index (χ4v) is 5.13. The number of benzene rings is 1. The number of nitrogens with zero attached hydrogens (tertiary/aromatic N) is 4. The van der Waals surface area contributed by atoms with Crippen molar-refractivity contribution in [3.05, 3.63) is 59.9 Å². The number of aliphatic hydroxyl groups is 1. The topological polar surface area (TPSA) is 87.9 Å². The second-order valence-corrected chi connectivity index (χ2v) is 8.68. The molecule has 2 saturated heterocycles. The second-order valence-electron chi connectivity index (χ2n) is 8.68. The summed E-state index contributed by atoms with van der Waals surface area (Å²) in [7, 11) is 3.60. The Morgan fingerprint density at radius 1 is 1.32 bits per heavy atom. The first-order chi connectivity index (χ1) is 14.9. The van der Waals surface area contributed by atoms with Crippen molar-refractivity contribution in [1.82, 2.24) is 14.7 Å². The zero-order valence-electron chi connectivity index (χ0n) is 17.6. The van der Waals surface area contributed by atoms with Crippen LogP contribution in [-0.2, 0) is 34.3 Å². The lowest BCUT2D eigenvalue weighted by molar-refractivity contribution is -0.139. The molecular formula is C23H26N4O4. The van der Waals surface area contributed by atoms with E-state index in [1.54, 1.807) is 27.7 Å². The molecule has 4 atom stereocenters. The van der Waals surface area contributed by atoms with Crippen LogP contribution in [0.15, 0.2) is 48.8 Å². The van der Waals surface area contributed by atoms with Gasteiger partial charge in [0.15, 0.2) is 0 Å². The maximum Gasteiger partial charge on any atom is 0.234 e. The number of hydrogen-bond donors (Lipinski definition) is 1. The Morgan fingerprint density at radius 3 is 2.77 bits per heavy atom. The SMILES string of the molecule is CN(Cc1cnn(C)c1)C(=O)[C@@H]1[C@@H]2C=C[C@@]3(CN(c4ccc(CCO)cc4)C(=O)[C@H]13)O2. The Morgan fingerprint density at radius 2 is 2.10 bits per heavy atom. The molecular weight excluding hydrogens is 396 g/mol. The number of carbonyl (C=O) groups is 2. The van der Waals surface area contributed by atoms with Gasteiger partial charge in [-0.1, -0.05) is 24.3 Å². The van der Waals surface area contributed by atoms with Crippen molar-refractivity contribution >= 4 is 17.5 Å². The van der Waals surface area contributed by atoms with Gasteiger partial charge in [0.1, 0.15) is 5.60 Å². The molecule has 162 valence electrons.